The molecule has 0 amide bonds. The van der Waals surface area contributed by atoms with E-state index in [4.69, 9.17) is 16.3 Å². The second kappa shape index (κ2) is 4.61. The second-order valence-electron chi connectivity index (χ2n) is 5.12. The lowest BCUT2D eigenvalue weighted by molar-refractivity contribution is 0.207. The lowest BCUT2D eigenvalue weighted by atomic mass is 9.94. The summed E-state index contributed by atoms with van der Waals surface area (Å²) in [5.74, 6) is 0.510. The molecule has 0 atom stereocenters. The van der Waals surface area contributed by atoms with Crippen molar-refractivity contribution >= 4 is 46.0 Å². The molecule has 2 aromatic rings. The van der Waals surface area contributed by atoms with E-state index >= 15 is 0 Å². The Bertz CT molecular complexity index is 965. The van der Waals surface area contributed by atoms with Gasteiger partial charge in [0.1, 0.15) is 5.76 Å². The van der Waals surface area contributed by atoms with Gasteiger partial charge in [-0.3, -0.25) is 0 Å². The van der Waals surface area contributed by atoms with Gasteiger partial charge in [-0.05, 0) is 50.9 Å². The van der Waals surface area contributed by atoms with Crippen molar-refractivity contribution in [1.29, 1.82) is 0 Å². The minimum absolute atomic E-state index is 0.510. The Morgan fingerprint density at radius 1 is 1.10 bits per heavy atom. The number of allylic oxidation sites excluding steroid dienone is 3. The zero-order chi connectivity index (χ0) is 14.4. The Kier molecular flexibility index (Phi) is 2.72. The third-order valence-corrected chi connectivity index (χ3v) is 4.04. The Morgan fingerprint density at radius 2 is 1.90 bits per heavy atom. The predicted octanol–water partition coefficient (Wildman–Crippen LogP) is 3.24. The first kappa shape index (κ1) is 12.4. The van der Waals surface area contributed by atoms with E-state index < -0.39 is 5.43 Å². The van der Waals surface area contributed by atoms with Gasteiger partial charge < -0.3 is 4.74 Å². The van der Waals surface area contributed by atoms with Gasteiger partial charge in [-0.25, -0.2) is 4.79 Å². The van der Waals surface area contributed by atoms with Crippen LogP contribution in [-0.4, -0.2) is 5.43 Å². The first-order valence-corrected chi connectivity index (χ1v) is 7.12. The molecule has 2 nitrogen and oxygen atoms in total. The lowest BCUT2D eigenvalue weighted by Crippen LogP contribution is -2.15. The maximum absolute atomic E-state index is 10.8. The Morgan fingerprint density at radius 3 is 2.76 bits per heavy atom. The van der Waals surface area contributed by atoms with Crippen LogP contribution in [0.25, 0.3) is 29.0 Å². The summed E-state index contributed by atoms with van der Waals surface area (Å²) in [6.45, 7) is 0. The molecule has 2 aliphatic carbocycles. The normalized spacial score (nSPS) is 14.8. The number of halogens is 1. The summed E-state index contributed by atoms with van der Waals surface area (Å²) in [7, 11) is 0. The van der Waals surface area contributed by atoms with Gasteiger partial charge in [-0.1, -0.05) is 42.5 Å². The van der Waals surface area contributed by atoms with Gasteiger partial charge in [0, 0.05) is 11.6 Å². The molecular weight excluding hydrogens is 284 g/mol. The van der Waals surface area contributed by atoms with E-state index in [1.807, 2.05) is 12.2 Å². The highest BCUT2D eigenvalue weighted by atomic mass is 35.5. The van der Waals surface area contributed by atoms with Crippen LogP contribution in [0.15, 0.2) is 42.2 Å². The molecule has 0 aliphatic heterocycles. The van der Waals surface area contributed by atoms with Gasteiger partial charge in [-0.15, -0.1) is 0 Å². The van der Waals surface area contributed by atoms with E-state index in [0.29, 0.717) is 5.76 Å². The summed E-state index contributed by atoms with van der Waals surface area (Å²) < 4.78 is 4.95. The van der Waals surface area contributed by atoms with Crippen LogP contribution in [0.4, 0.5) is 4.79 Å². The number of hydrogen-bond donors (Lipinski definition) is 0. The summed E-state index contributed by atoms with van der Waals surface area (Å²) in [5.41, 5.74) is 1.72. The van der Waals surface area contributed by atoms with E-state index in [9.17, 15) is 4.79 Å². The van der Waals surface area contributed by atoms with Crippen molar-refractivity contribution in [2.24, 2.45) is 0 Å². The summed E-state index contributed by atoms with van der Waals surface area (Å²) in [5, 5.41) is 4.84. The van der Waals surface area contributed by atoms with Crippen LogP contribution in [0, 0.1) is 0 Å². The summed E-state index contributed by atoms with van der Waals surface area (Å²) in [6, 6.07) is 8.50. The van der Waals surface area contributed by atoms with Crippen LogP contribution >= 0.6 is 11.6 Å². The van der Waals surface area contributed by atoms with Gasteiger partial charge in [0.25, 0.3) is 0 Å². The third kappa shape index (κ3) is 1.99. The molecule has 2 aromatic carbocycles. The van der Waals surface area contributed by atoms with Crippen LogP contribution in [0.3, 0.4) is 0 Å². The molecule has 0 aromatic heterocycles. The first-order valence-electron chi connectivity index (χ1n) is 6.74. The standard InChI is InChI=1S/C18H11ClO2/c19-18(20)21-13-6-9-15-12(10-13)5-8-16-14-3-1-2-11(14)4-7-17(15)16/h1-8,10H,9H2. The molecule has 0 saturated carbocycles. The van der Waals surface area contributed by atoms with E-state index in [-0.39, 0.29) is 0 Å². The fourth-order valence-electron chi connectivity index (χ4n) is 3.05. The molecule has 0 bridgehead atoms. The van der Waals surface area contributed by atoms with Gasteiger partial charge in [0.2, 0.25) is 0 Å². The summed E-state index contributed by atoms with van der Waals surface area (Å²) in [4.78, 5) is 10.8. The van der Waals surface area contributed by atoms with Crippen molar-refractivity contribution in [2.45, 2.75) is 6.42 Å². The number of carbonyl (C=O) groups is 1. The molecule has 0 spiro atoms. The zero-order valence-electron chi connectivity index (χ0n) is 11.1. The molecule has 4 rings (SSSR count). The van der Waals surface area contributed by atoms with Crippen LogP contribution in [0.5, 0.6) is 0 Å². The minimum atomic E-state index is -0.805. The van der Waals surface area contributed by atoms with Gasteiger partial charge in [0.15, 0.2) is 0 Å². The van der Waals surface area contributed by atoms with Gasteiger partial charge >= 0.3 is 5.43 Å². The maximum Gasteiger partial charge on any atom is 0.409 e. The second-order valence-corrected chi connectivity index (χ2v) is 5.43. The van der Waals surface area contributed by atoms with Crippen molar-refractivity contribution < 1.29 is 9.53 Å². The van der Waals surface area contributed by atoms with Crippen LogP contribution in [-0.2, 0) is 11.2 Å². The fourth-order valence-corrected chi connectivity index (χ4v) is 3.14. The monoisotopic (exact) mass is 294 g/mol. The molecular formula is C18H11ClO2. The quantitative estimate of drug-likeness (QED) is 0.755. The average molecular weight is 295 g/mol. The van der Waals surface area contributed by atoms with E-state index in [1.54, 1.807) is 0 Å². The number of benzene rings is 2. The summed E-state index contributed by atoms with van der Waals surface area (Å²) in [6.07, 6.45) is 10.8. The Labute approximate surface area is 126 Å². The van der Waals surface area contributed by atoms with Crippen molar-refractivity contribution in [3.63, 3.8) is 0 Å². The maximum atomic E-state index is 10.8. The molecule has 2 aliphatic rings. The molecule has 0 fully saturated rings. The van der Waals surface area contributed by atoms with Crippen LogP contribution < -0.4 is 10.4 Å². The van der Waals surface area contributed by atoms with Crippen LogP contribution in [0.1, 0.15) is 11.1 Å². The highest BCUT2D eigenvalue weighted by Crippen LogP contribution is 2.23. The van der Waals surface area contributed by atoms with Gasteiger partial charge in [0.05, 0.1) is 0 Å². The molecule has 3 heteroatoms. The molecule has 0 radical (unpaired) electrons. The number of rotatable bonds is 1. The summed E-state index contributed by atoms with van der Waals surface area (Å²) >= 11 is 5.26. The fraction of sp³-hybridized carbons (Fsp3) is 0.0556. The molecule has 102 valence electrons. The zero-order valence-corrected chi connectivity index (χ0v) is 11.9. The Hall–Kier alpha value is -2.32. The number of hydrogen-bond acceptors (Lipinski definition) is 2. The largest absolute Gasteiger partial charge is 0.415 e. The van der Waals surface area contributed by atoms with E-state index in [1.165, 1.54) is 27.1 Å². The Balaban J connectivity index is 1.94. The molecule has 0 saturated heterocycles. The first-order chi connectivity index (χ1) is 10.2. The van der Waals surface area contributed by atoms with Crippen molar-refractivity contribution in [1.82, 2.24) is 0 Å². The van der Waals surface area contributed by atoms with E-state index in [0.717, 1.165) is 11.6 Å². The SMILES string of the molecule is O=C(Cl)OC1=CCc2c(ccc3c4c(ccc23)=CC=C4)=C1. The van der Waals surface area contributed by atoms with Crippen molar-refractivity contribution in [2.75, 3.05) is 0 Å². The molecule has 0 heterocycles. The average Bonchev–Trinajstić information content (AvgIpc) is 2.94. The smallest absolute Gasteiger partial charge is 0.409 e. The lowest BCUT2D eigenvalue weighted by Gasteiger charge is -2.13. The molecule has 21 heavy (non-hydrogen) atoms. The number of ether oxygens (including phenoxy) is 1. The van der Waals surface area contributed by atoms with Crippen LogP contribution in [0.2, 0.25) is 0 Å². The topological polar surface area (TPSA) is 26.3 Å². The highest BCUT2D eigenvalue weighted by molar-refractivity contribution is 6.61. The van der Waals surface area contributed by atoms with Crippen molar-refractivity contribution in [3.05, 3.63) is 63.7 Å². The van der Waals surface area contributed by atoms with Crippen molar-refractivity contribution in [3.8, 4) is 0 Å². The highest BCUT2D eigenvalue weighted by Gasteiger charge is 2.12. The number of carbonyl (C=O) groups excluding carboxylic acids is 1. The van der Waals surface area contributed by atoms with Gasteiger partial charge in [-0.2, -0.15) is 0 Å². The van der Waals surface area contributed by atoms with E-state index in [2.05, 4.69) is 42.5 Å². The number of fused-ring (bicyclic) bond motifs is 5. The minimum Gasteiger partial charge on any atom is -0.415 e. The molecule has 0 unspecified atom stereocenters. The predicted molar refractivity (Wildman–Crippen MR) is 85.3 cm³/mol. The third-order valence-electron chi connectivity index (χ3n) is 3.97. The molecule has 0 N–H and O–H groups in total.